The van der Waals surface area contributed by atoms with E-state index in [1.807, 2.05) is 0 Å². The molecule has 1 heterocycles. The van der Waals surface area contributed by atoms with Gasteiger partial charge in [0, 0.05) is 10.9 Å². The van der Waals surface area contributed by atoms with Gasteiger partial charge < -0.3 is 5.32 Å². The highest BCUT2D eigenvalue weighted by Gasteiger charge is 2.31. The lowest BCUT2D eigenvalue weighted by atomic mass is 10.1. The Bertz CT molecular complexity index is 1080. The predicted octanol–water partition coefficient (Wildman–Crippen LogP) is 3.99. The van der Waals surface area contributed by atoms with Gasteiger partial charge in [-0.3, -0.25) is 9.59 Å². The number of aromatic amines is 1. The molecular formula is C16H8ClF4N3O2. The first kappa shape index (κ1) is 17.9. The second-order valence-corrected chi connectivity index (χ2v) is 5.61. The van der Waals surface area contributed by atoms with Crippen LogP contribution in [0.5, 0.6) is 0 Å². The highest BCUT2D eigenvalue weighted by molar-refractivity contribution is 6.34. The van der Waals surface area contributed by atoms with Crippen LogP contribution < -0.4 is 10.9 Å². The number of fused-ring (bicyclic) bond motifs is 1. The van der Waals surface area contributed by atoms with Crippen molar-refractivity contribution in [2.45, 2.75) is 6.18 Å². The highest BCUT2D eigenvalue weighted by atomic mass is 35.5. The molecule has 3 rings (SSSR count). The minimum atomic E-state index is -4.69. The molecule has 0 spiro atoms. The van der Waals surface area contributed by atoms with Gasteiger partial charge in [0.1, 0.15) is 5.82 Å². The van der Waals surface area contributed by atoms with Crippen molar-refractivity contribution in [3.05, 3.63) is 68.8 Å². The maximum atomic E-state index is 13.7. The number of aromatic nitrogens is 2. The Morgan fingerprint density at radius 2 is 1.85 bits per heavy atom. The number of carbonyl (C=O) groups is 1. The highest BCUT2D eigenvalue weighted by Crippen LogP contribution is 2.32. The maximum absolute atomic E-state index is 13.7. The minimum absolute atomic E-state index is 0.00970. The molecule has 0 aliphatic carbocycles. The van der Waals surface area contributed by atoms with E-state index in [1.165, 1.54) is 18.2 Å². The summed E-state index contributed by atoms with van der Waals surface area (Å²) in [5.41, 5.74) is -2.42. The molecule has 0 aliphatic heterocycles. The molecule has 1 amide bonds. The lowest BCUT2D eigenvalue weighted by Crippen LogP contribution is -2.16. The van der Waals surface area contributed by atoms with Crippen LogP contribution in [0.25, 0.3) is 10.8 Å². The van der Waals surface area contributed by atoms with Crippen molar-refractivity contribution < 1.29 is 22.4 Å². The summed E-state index contributed by atoms with van der Waals surface area (Å²) in [6.45, 7) is 0. The van der Waals surface area contributed by atoms with Crippen molar-refractivity contribution in [2.24, 2.45) is 0 Å². The Balaban J connectivity index is 1.97. The normalized spacial score (nSPS) is 11.6. The van der Waals surface area contributed by atoms with Crippen LogP contribution >= 0.6 is 11.6 Å². The summed E-state index contributed by atoms with van der Waals surface area (Å²) in [5.74, 6) is -1.92. The van der Waals surface area contributed by atoms with E-state index in [0.717, 1.165) is 0 Å². The van der Waals surface area contributed by atoms with Gasteiger partial charge in [-0.1, -0.05) is 17.7 Å². The number of benzene rings is 2. The van der Waals surface area contributed by atoms with Crippen LogP contribution in [0.1, 0.15) is 15.9 Å². The summed E-state index contributed by atoms with van der Waals surface area (Å²) in [4.78, 5) is 24.0. The fourth-order valence-electron chi connectivity index (χ4n) is 2.27. The molecule has 5 nitrogen and oxygen atoms in total. The fourth-order valence-corrected chi connectivity index (χ4v) is 2.47. The lowest BCUT2D eigenvalue weighted by molar-refractivity contribution is -0.137. The Morgan fingerprint density at radius 1 is 1.12 bits per heavy atom. The van der Waals surface area contributed by atoms with Gasteiger partial charge in [0.15, 0.2) is 5.15 Å². The van der Waals surface area contributed by atoms with Crippen molar-refractivity contribution in [3.8, 4) is 0 Å². The van der Waals surface area contributed by atoms with Gasteiger partial charge in [-0.15, -0.1) is 0 Å². The van der Waals surface area contributed by atoms with E-state index < -0.39 is 34.7 Å². The molecule has 2 N–H and O–H groups in total. The molecule has 134 valence electrons. The van der Waals surface area contributed by atoms with Crippen molar-refractivity contribution in [2.75, 3.05) is 5.32 Å². The monoisotopic (exact) mass is 385 g/mol. The Kier molecular flexibility index (Phi) is 4.41. The summed E-state index contributed by atoms with van der Waals surface area (Å²) >= 11 is 5.83. The van der Waals surface area contributed by atoms with Gasteiger partial charge in [-0.05, 0) is 30.3 Å². The van der Waals surface area contributed by atoms with Crippen LogP contribution in [0.4, 0.5) is 23.2 Å². The summed E-state index contributed by atoms with van der Waals surface area (Å²) in [6, 6.07) is 5.49. The second-order valence-electron chi connectivity index (χ2n) is 5.25. The number of halogens is 5. The van der Waals surface area contributed by atoms with Gasteiger partial charge in [0.05, 0.1) is 16.6 Å². The van der Waals surface area contributed by atoms with Crippen molar-refractivity contribution in [1.29, 1.82) is 0 Å². The van der Waals surface area contributed by atoms with Crippen LogP contribution in [0.15, 0.2) is 41.2 Å². The zero-order valence-corrected chi connectivity index (χ0v) is 13.4. The smallest absolute Gasteiger partial charge is 0.319 e. The largest absolute Gasteiger partial charge is 0.416 e. The van der Waals surface area contributed by atoms with Gasteiger partial charge in [0.2, 0.25) is 0 Å². The maximum Gasteiger partial charge on any atom is 0.416 e. The SMILES string of the molecule is O=C(Nc1cc(C(F)(F)F)ccc1F)c1ccc2c(Cl)n[nH]c(=O)c2c1. The number of amides is 1. The molecule has 1 aromatic heterocycles. The zero-order chi connectivity index (χ0) is 19.1. The molecule has 0 bridgehead atoms. The summed E-state index contributed by atoms with van der Waals surface area (Å²) in [6.07, 6.45) is -4.69. The molecule has 0 fully saturated rings. The first-order valence-corrected chi connectivity index (χ1v) is 7.40. The molecule has 0 saturated carbocycles. The molecule has 2 aromatic carbocycles. The molecule has 0 saturated heterocycles. The zero-order valence-electron chi connectivity index (χ0n) is 12.6. The molecule has 0 atom stereocenters. The standard InChI is InChI=1S/C16H8ClF4N3O2/c17-13-9-3-1-7(5-10(9)15(26)24-23-13)14(25)22-12-6-8(16(19,20)21)2-4-11(12)18/h1-6H,(H,22,25)(H,24,26). The molecule has 10 heteroatoms. The van der Waals surface area contributed by atoms with E-state index in [0.29, 0.717) is 18.2 Å². The van der Waals surface area contributed by atoms with Gasteiger partial charge in [0.25, 0.3) is 11.5 Å². The van der Waals surface area contributed by atoms with Crippen molar-refractivity contribution >= 4 is 34.0 Å². The number of H-pyrrole nitrogens is 1. The van der Waals surface area contributed by atoms with Crippen molar-refractivity contribution in [1.82, 2.24) is 10.2 Å². The minimum Gasteiger partial charge on any atom is -0.319 e. The molecule has 26 heavy (non-hydrogen) atoms. The number of carbonyl (C=O) groups excluding carboxylic acids is 1. The van der Waals surface area contributed by atoms with Crippen LogP contribution in [0.2, 0.25) is 5.15 Å². The van der Waals surface area contributed by atoms with Crippen LogP contribution in [0, 0.1) is 5.82 Å². The lowest BCUT2D eigenvalue weighted by Gasteiger charge is -2.11. The first-order valence-electron chi connectivity index (χ1n) is 7.03. The van der Waals surface area contributed by atoms with Crippen LogP contribution in [-0.2, 0) is 6.18 Å². The summed E-state index contributed by atoms with van der Waals surface area (Å²) < 4.78 is 51.9. The Labute approximate surface area is 147 Å². The summed E-state index contributed by atoms with van der Waals surface area (Å²) in [5, 5.41) is 8.12. The van der Waals surface area contributed by atoms with E-state index in [4.69, 9.17) is 11.6 Å². The molecular weight excluding hydrogens is 378 g/mol. The average molecular weight is 386 g/mol. The van der Waals surface area contributed by atoms with E-state index in [-0.39, 0.29) is 21.5 Å². The number of nitrogens with one attached hydrogen (secondary N) is 2. The van der Waals surface area contributed by atoms with Gasteiger partial charge in [-0.2, -0.15) is 18.3 Å². The number of anilines is 1. The quantitative estimate of drug-likeness (QED) is 0.655. The van der Waals surface area contributed by atoms with Gasteiger partial charge >= 0.3 is 6.18 Å². The van der Waals surface area contributed by atoms with Crippen LogP contribution in [-0.4, -0.2) is 16.1 Å². The number of rotatable bonds is 2. The molecule has 0 unspecified atom stereocenters. The third-order valence-corrected chi connectivity index (χ3v) is 3.83. The first-order chi connectivity index (χ1) is 12.2. The Hall–Kier alpha value is -2.94. The topological polar surface area (TPSA) is 74.8 Å². The van der Waals surface area contributed by atoms with E-state index in [9.17, 15) is 27.2 Å². The summed E-state index contributed by atoms with van der Waals surface area (Å²) in [7, 11) is 0. The Morgan fingerprint density at radius 3 is 2.54 bits per heavy atom. The van der Waals surface area contributed by atoms with Gasteiger partial charge in [-0.25, -0.2) is 9.49 Å². The molecule has 3 aromatic rings. The third-order valence-electron chi connectivity index (χ3n) is 3.55. The van der Waals surface area contributed by atoms with E-state index in [1.54, 1.807) is 0 Å². The van der Waals surface area contributed by atoms with Crippen molar-refractivity contribution in [3.63, 3.8) is 0 Å². The van der Waals surface area contributed by atoms with Crippen LogP contribution in [0.3, 0.4) is 0 Å². The van der Waals surface area contributed by atoms with E-state index >= 15 is 0 Å². The molecule has 0 aliphatic rings. The number of nitrogens with zero attached hydrogens (tertiary/aromatic N) is 1. The van der Waals surface area contributed by atoms with E-state index in [2.05, 4.69) is 15.5 Å². The average Bonchev–Trinajstić information content (AvgIpc) is 2.59. The fraction of sp³-hybridized carbons (Fsp3) is 0.0625. The second kappa shape index (κ2) is 6.41. The number of alkyl halides is 3. The number of hydrogen-bond acceptors (Lipinski definition) is 3. The third kappa shape index (κ3) is 3.38. The molecule has 0 radical (unpaired) electrons. The number of hydrogen-bond donors (Lipinski definition) is 2. The predicted molar refractivity (Wildman–Crippen MR) is 86.7 cm³/mol.